The molecular formula is C15H24N2O3S. The van der Waals surface area contributed by atoms with Gasteiger partial charge in [-0.1, -0.05) is 32.4 Å². The van der Waals surface area contributed by atoms with Gasteiger partial charge in [0.15, 0.2) is 0 Å². The van der Waals surface area contributed by atoms with Crippen molar-refractivity contribution in [3.05, 3.63) is 29.8 Å². The molecule has 5 nitrogen and oxygen atoms in total. The molecule has 0 aromatic heterocycles. The first-order valence-electron chi connectivity index (χ1n) is 7.28. The Labute approximate surface area is 127 Å². The third kappa shape index (κ3) is 6.27. The molecule has 21 heavy (non-hydrogen) atoms. The molecule has 0 spiro atoms. The number of nitrogens with one attached hydrogen (secondary N) is 1. The van der Waals surface area contributed by atoms with Crippen molar-refractivity contribution >= 4 is 15.9 Å². The molecule has 0 fully saturated rings. The van der Waals surface area contributed by atoms with Gasteiger partial charge in [0.2, 0.25) is 15.9 Å². The molecule has 6 heteroatoms. The first-order chi connectivity index (χ1) is 9.86. The van der Waals surface area contributed by atoms with Crippen molar-refractivity contribution in [1.29, 1.82) is 0 Å². The Kier molecular flexibility index (Phi) is 6.84. The highest BCUT2D eigenvalue weighted by atomic mass is 32.2. The third-order valence-corrected chi connectivity index (χ3v) is 4.32. The third-order valence-electron chi connectivity index (χ3n) is 3.39. The van der Waals surface area contributed by atoms with Crippen molar-refractivity contribution in [1.82, 2.24) is 5.32 Å². The predicted molar refractivity (Wildman–Crippen MR) is 83.3 cm³/mol. The number of hydrogen-bond acceptors (Lipinski definition) is 3. The Balaban J connectivity index is 2.50. The van der Waals surface area contributed by atoms with Gasteiger partial charge in [0.25, 0.3) is 0 Å². The van der Waals surface area contributed by atoms with Gasteiger partial charge >= 0.3 is 0 Å². The van der Waals surface area contributed by atoms with Gasteiger partial charge in [0.05, 0.1) is 4.90 Å². The number of sulfonamides is 1. The van der Waals surface area contributed by atoms with E-state index in [2.05, 4.69) is 19.2 Å². The molecule has 0 saturated heterocycles. The maximum atomic E-state index is 11.9. The molecule has 0 aliphatic heterocycles. The van der Waals surface area contributed by atoms with Gasteiger partial charge in [0, 0.05) is 12.5 Å². The van der Waals surface area contributed by atoms with E-state index >= 15 is 0 Å². The molecule has 1 rings (SSSR count). The maximum absolute atomic E-state index is 11.9. The van der Waals surface area contributed by atoms with Crippen LogP contribution in [-0.4, -0.2) is 20.4 Å². The summed E-state index contributed by atoms with van der Waals surface area (Å²) < 4.78 is 22.3. The van der Waals surface area contributed by atoms with Crippen LogP contribution in [0.3, 0.4) is 0 Å². The summed E-state index contributed by atoms with van der Waals surface area (Å²) in [7, 11) is -3.66. The second-order valence-electron chi connectivity index (χ2n) is 5.15. The van der Waals surface area contributed by atoms with Crippen molar-refractivity contribution in [3.63, 3.8) is 0 Å². The van der Waals surface area contributed by atoms with E-state index in [-0.39, 0.29) is 16.8 Å². The van der Waals surface area contributed by atoms with E-state index < -0.39 is 10.0 Å². The molecule has 1 aromatic carbocycles. The maximum Gasteiger partial charge on any atom is 0.238 e. The molecule has 0 radical (unpaired) electrons. The molecule has 1 amide bonds. The Morgan fingerprint density at radius 2 is 1.86 bits per heavy atom. The minimum atomic E-state index is -3.66. The van der Waals surface area contributed by atoms with Gasteiger partial charge < -0.3 is 5.32 Å². The summed E-state index contributed by atoms with van der Waals surface area (Å²) in [5.74, 6) is 0.0332. The largest absolute Gasteiger partial charge is 0.353 e. The van der Waals surface area contributed by atoms with E-state index in [4.69, 9.17) is 5.14 Å². The zero-order valence-electron chi connectivity index (χ0n) is 12.6. The Morgan fingerprint density at radius 1 is 1.24 bits per heavy atom. The van der Waals surface area contributed by atoms with Crippen LogP contribution in [0, 0.1) is 0 Å². The number of benzene rings is 1. The van der Waals surface area contributed by atoms with Crippen LogP contribution < -0.4 is 10.5 Å². The van der Waals surface area contributed by atoms with Crippen LogP contribution in [0.15, 0.2) is 29.2 Å². The van der Waals surface area contributed by atoms with Crippen LogP contribution in [0.1, 0.15) is 45.1 Å². The van der Waals surface area contributed by atoms with E-state index in [9.17, 15) is 13.2 Å². The number of primary sulfonamides is 1. The molecule has 118 valence electrons. The first-order valence-corrected chi connectivity index (χ1v) is 8.82. The number of hydrogen-bond donors (Lipinski definition) is 2. The smallest absolute Gasteiger partial charge is 0.238 e. The van der Waals surface area contributed by atoms with E-state index in [1.807, 2.05) is 0 Å². The van der Waals surface area contributed by atoms with Crippen LogP contribution in [0.2, 0.25) is 0 Å². The van der Waals surface area contributed by atoms with Crippen molar-refractivity contribution in [2.24, 2.45) is 5.14 Å². The Bertz CT molecular complexity index is 553. The number of aryl methyl sites for hydroxylation is 1. The molecular weight excluding hydrogens is 288 g/mol. The van der Waals surface area contributed by atoms with Crippen molar-refractivity contribution < 1.29 is 13.2 Å². The molecule has 1 atom stereocenters. The summed E-state index contributed by atoms with van der Waals surface area (Å²) >= 11 is 0. The second-order valence-corrected chi connectivity index (χ2v) is 6.71. The highest BCUT2D eigenvalue weighted by Crippen LogP contribution is 2.10. The van der Waals surface area contributed by atoms with Crippen LogP contribution >= 0.6 is 0 Å². The van der Waals surface area contributed by atoms with E-state index in [1.165, 1.54) is 12.1 Å². The fraction of sp³-hybridized carbons (Fsp3) is 0.533. The number of amides is 1. The first kappa shape index (κ1) is 17.7. The monoisotopic (exact) mass is 312 g/mol. The van der Waals surface area contributed by atoms with Gasteiger partial charge in [-0.25, -0.2) is 13.6 Å². The predicted octanol–water partition coefficient (Wildman–Crippen LogP) is 1.96. The van der Waals surface area contributed by atoms with Gasteiger partial charge in [-0.15, -0.1) is 0 Å². The molecule has 3 N–H and O–H groups in total. The summed E-state index contributed by atoms with van der Waals surface area (Å²) in [4.78, 5) is 11.9. The molecule has 0 aliphatic carbocycles. The van der Waals surface area contributed by atoms with Crippen LogP contribution in [0.5, 0.6) is 0 Å². The normalized spacial score (nSPS) is 12.9. The lowest BCUT2D eigenvalue weighted by Gasteiger charge is -2.15. The quantitative estimate of drug-likeness (QED) is 0.769. The standard InChI is InChI=1S/C15H24N2O3S/c1-3-5-13(4-2)17-15(18)11-8-12-6-9-14(10-7-12)21(16,19)20/h6-7,9-10,13H,3-5,8,11H2,1-2H3,(H,17,18)(H2,16,19,20). The van der Waals surface area contributed by atoms with Crippen molar-refractivity contribution in [2.75, 3.05) is 0 Å². The summed E-state index contributed by atoms with van der Waals surface area (Å²) in [6.45, 7) is 4.16. The minimum Gasteiger partial charge on any atom is -0.353 e. The van der Waals surface area contributed by atoms with E-state index in [0.29, 0.717) is 12.8 Å². The van der Waals surface area contributed by atoms with Crippen LogP contribution in [0.25, 0.3) is 0 Å². The molecule has 0 heterocycles. The fourth-order valence-corrected chi connectivity index (χ4v) is 2.65. The van der Waals surface area contributed by atoms with Gasteiger partial charge in [-0.2, -0.15) is 0 Å². The fourth-order valence-electron chi connectivity index (χ4n) is 2.13. The highest BCUT2D eigenvalue weighted by molar-refractivity contribution is 7.89. The summed E-state index contributed by atoms with van der Waals surface area (Å²) in [5, 5.41) is 8.05. The molecule has 1 unspecified atom stereocenters. The number of rotatable bonds is 8. The number of carbonyl (C=O) groups excluding carboxylic acids is 1. The highest BCUT2D eigenvalue weighted by Gasteiger charge is 2.10. The Hall–Kier alpha value is -1.40. The zero-order chi connectivity index (χ0) is 15.9. The van der Waals surface area contributed by atoms with E-state index in [0.717, 1.165) is 24.8 Å². The molecule has 0 bridgehead atoms. The molecule has 0 saturated carbocycles. The molecule has 0 aliphatic rings. The number of nitrogens with two attached hydrogens (primary N) is 1. The van der Waals surface area contributed by atoms with Gasteiger partial charge in [0.1, 0.15) is 0 Å². The average Bonchev–Trinajstić information content (AvgIpc) is 2.44. The lowest BCUT2D eigenvalue weighted by Crippen LogP contribution is -2.34. The van der Waals surface area contributed by atoms with E-state index in [1.54, 1.807) is 12.1 Å². The topological polar surface area (TPSA) is 89.3 Å². The summed E-state index contributed by atoms with van der Waals surface area (Å²) in [6, 6.07) is 6.56. The Morgan fingerprint density at radius 3 is 2.33 bits per heavy atom. The van der Waals surface area contributed by atoms with Gasteiger partial charge in [-0.3, -0.25) is 4.79 Å². The lowest BCUT2D eigenvalue weighted by molar-refractivity contribution is -0.121. The SMILES string of the molecule is CCCC(CC)NC(=O)CCc1ccc(S(N)(=O)=O)cc1. The zero-order valence-corrected chi connectivity index (χ0v) is 13.4. The minimum absolute atomic E-state index is 0.0332. The van der Waals surface area contributed by atoms with Crippen LogP contribution in [-0.2, 0) is 21.2 Å². The van der Waals surface area contributed by atoms with Crippen LogP contribution in [0.4, 0.5) is 0 Å². The van der Waals surface area contributed by atoms with Gasteiger partial charge in [-0.05, 0) is 37.0 Å². The van der Waals surface area contributed by atoms with Crippen molar-refractivity contribution in [3.8, 4) is 0 Å². The van der Waals surface area contributed by atoms with Crippen molar-refractivity contribution in [2.45, 2.75) is 56.9 Å². The average molecular weight is 312 g/mol. The lowest BCUT2D eigenvalue weighted by atomic mass is 10.1. The summed E-state index contributed by atoms with van der Waals surface area (Å²) in [5.41, 5.74) is 0.918. The second kappa shape index (κ2) is 8.14. The molecule has 1 aromatic rings. The summed E-state index contributed by atoms with van der Waals surface area (Å²) in [6.07, 6.45) is 3.95. The number of carbonyl (C=O) groups is 1.